The molecule has 0 aliphatic carbocycles. The van der Waals surface area contributed by atoms with Crippen LogP contribution in [-0.4, -0.2) is 40.6 Å². The van der Waals surface area contributed by atoms with Crippen LogP contribution in [0, 0.1) is 0 Å². The summed E-state index contributed by atoms with van der Waals surface area (Å²) < 4.78 is 44.3. The zero-order chi connectivity index (χ0) is 26.4. The Hall–Kier alpha value is -4.09. The van der Waals surface area contributed by atoms with E-state index >= 15 is 0 Å². The van der Waals surface area contributed by atoms with Crippen LogP contribution in [0.2, 0.25) is 0 Å². The lowest BCUT2D eigenvalue weighted by atomic mass is 10.2. The Balaban J connectivity index is 1.32. The minimum Gasteiger partial charge on any atom is -0.494 e. The fourth-order valence-electron chi connectivity index (χ4n) is 3.38. The normalized spacial score (nSPS) is 11.1. The number of amides is 1. The molecule has 192 valence electrons. The number of rotatable bonds is 10. The molecule has 0 saturated heterocycles. The molecule has 0 saturated carbocycles. The molecule has 0 spiro atoms. The summed E-state index contributed by atoms with van der Waals surface area (Å²) >= 11 is 1.31. The van der Waals surface area contributed by atoms with Crippen molar-refractivity contribution in [1.29, 1.82) is 0 Å². The van der Waals surface area contributed by atoms with Crippen molar-refractivity contribution >= 4 is 54.7 Å². The minimum absolute atomic E-state index is 0.0496. The number of carbonyl (C=O) groups is 2. The Morgan fingerprint density at radius 1 is 0.865 bits per heavy atom. The Morgan fingerprint density at radius 3 is 2.19 bits per heavy atom. The van der Waals surface area contributed by atoms with E-state index in [0.717, 1.165) is 10.1 Å². The van der Waals surface area contributed by atoms with Crippen molar-refractivity contribution in [3.63, 3.8) is 0 Å². The molecule has 0 radical (unpaired) electrons. The molecule has 4 rings (SSSR count). The van der Waals surface area contributed by atoms with Crippen LogP contribution in [-0.2, 0) is 19.6 Å². The summed E-state index contributed by atoms with van der Waals surface area (Å²) in [5.41, 5.74) is 0.958. The molecule has 1 amide bonds. The number of anilines is 2. The molecule has 0 bridgehead atoms. The standard InChI is InChI=1S/C26H24N2O7S2/c1-3-34-20-7-4-18(5-8-20)28-37(31,32)22-11-9-21(10-12-22)35-16-25(29)27-19-6-13-23-17(14-19)15-24(36-23)26(30)33-2/h4-15,28H,3,16H2,1-2H3,(H,27,29). The lowest BCUT2D eigenvalue weighted by Gasteiger charge is -2.11. The van der Waals surface area contributed by atoms with E-state index in [1.807, 2.05) is 13.0 Å². The number of ether oxygens (including phenoxy) is 3. The number of methoxy groups -OCH3 is 1. The first-order valence-corrected chi connectivity index (χ1v) is 13.5. The molecule has 0 fully saturated rings. The van der Waals surface area contributed by atoms with Crippen LogP contribution in [0.3, 0.4) is 0 Å². The van der Waals surface area contributed by atoms with E-state index in [1.165, 1.54) is 42.7 Å². The second kappa shape index (κ2) is 11.3. The predicted octanol–water partition coefficient (Wildman–Crippen LogP) is 4.90. The van der Waals surface area contributed by atoms with Gasteiger partial charge in [0.1, 0.15) is 16.4 Å². The molecule has 1 heterocycles. The van der Waals surface area contributed by atoms with Crippen molar-refractivity contribution < 1.29 is 32.2 Å². The quantitative estimate of drug-likeness (QED) is 0.274. The van der Waals surface area contributed by atoms with Gasteiger partial charge in [0.2, 0.25) is 0 Å². The summed E-state index contributed by atoms with van der Waals surface area (Å²) in [6, 6.07) is 19.4. The Kier molecular flexibility index (Phi) is 7.95. The summed E-state index contributed by atoms with van der Waals surface area (Å²) in [5.74, 6) is 0.185. The monoisotopic (exact) mass is 540 g/mol. The average molecular weight is 541 g/mol. The third-order valence-corrected chi connectivity index (χ3v) is 7.60. The molecule has 0 aliphatic rings. The van der Waals surface area contributed by atoms with Gasteiger partial charge in [-0.2, -0.15) is 0 Å². The van der Waals surface area contributed by atoms with Gasteiger partial charge < -0.3 is 19.5 Å². The molecule has 3 aromatic carbocycles. The third-order valence-electron chi connectivity index (χ3n) is 5.11. The van der Waals surface area contributed by atoms with Gasteiger partial charge in [0.15, 0.2) is 6.61 Å². The first-order chi connectivity index (χ1) is 17.8. The van der Waals surface area contributed by atoms with Gasteiger partial charge in [-0.1, -0.05) is 0 Å². The highest BCUT2D eigenvalue weighted by atomic mass is 32.2. The van der Waals surface area contributed by atoms with Gasteiger partial charge in [-0.15, -0.1) is 11.3 Å². The Morgan fingerprint density at radius 2 is 1.51 bits per heavy atom. The fourth-order valence-corrected chi connectivity index (χ4v) is 5.40. The van der Waals surface area contributed by atoms with Crippen molar-refractivity contribution in [2.75, 3.05) is 30.4 Å². The maximum Gasteiger partial charge on any atom is 0.348 e. The van der Waals surface area contributed by atoms with Gasteiger partial charge >= 0.3 is 5.97 Å². The molecule has 0 atom stereocenters. The van der Waals surface area contributed by atoms with Gasteiger partial charge in [-0.05, 0) is 85.1 Å². The maximum atomic E-state index is 12.7. The van der Waals surface area contributed by atoms with Crippen molar-refractivity contribution in [2.45, 2.75) is 11.8 Å². The predicted molar refractivity (Wildman–Crippen MR) is 142 cm³/mol. The van der Waals surface area contributed by atoms with Gasteiger partial charge in [-0.3, -0.25) is 9.52 Å². The van der Waals surface area contributed by atoms with Crippen molar-refractivity contribution in [1.82, 2.24) is 0 Å². The highest BCUT2D eigenvalue weighted by molar-refractivity contribution is 7.92. The van der Waals surface area contributed by atoms with E-state index in [0.29, 0.717) is 34.4 Å². The topological polar surface area (TPSA) is 120 Å². The van der Waals surface area contributed by atoms with E-state index in [9.17, 15) is 18.0 Å². The van der Waals surface area contributed by atoms with E-state index in [-0.39, 0.29) is 11.5 Å². The lowest BCUT2D eigenvalue weighted by Crippen LogP contribution is -2.20. The number of fused-ring (bicyclic) bond motifs is 1. The SMILES string of the molecule is CCOc1ccc(NS(=O)(=O)c2ccc(OCC(=O)Nc3ccc4sc(C(=O)OC)cc4c3)cc2)cc1. The zero-order valence-electron chi connectivity index (χ0n) is 20.0. The lowest BCUT2D eigenvalue weighted by molar-refractivity contribution is -0.118. The molecule has 11 heteroatoms. The number of hydrogen-bond donors (Lipinski definition) is 2. The Labute approximate surface area is 218 Å². The van der Waals surface area contributed by atoms with E-state index in [4.69, 9.17) is 14.2 Å². The number of hydrogen-bond acceptors (Lipinski definition) is 8. The third kappa shape index (κ3) is 6.57. The average Bonchev–Trinajstić information content (AvgIpc) is 3.32. The molecule has 2 N–H and O–H groups in total. The molecular formula is C26H24N2O7S2. The first kappa shape index (κ1) is 26.0. The highest BCUT2D eigenvalue weighted by Crippen LogP contribution is 2.28. The number of sulfonamides is 1. The fraction of sp³-hybridized carbons (Fsp3) is 0.154. The van der Waals surface area contributed by atoms with E-state index in [2.05, 4.69) is 10.0 Å². The molecular weight excluding hydrogens is 516 g/mol. The Bertz CT molecular complexity index is 1510. The molecule has 0 aliphatic heterocycles. The van der Waals surface area contributed by atoms with Crippen molar-refractivity contribution in [3.05, 3.63) is 77.7 Å². The minimum atomic E-state index is -3.80. The molecule has 4 aromatic rings. The summed E-state index contributed by atoms with van der Waals surface area (Å²) in [6.07, 6.45) is 0. The highest BCUT2D eigenvalue weighted by Gasteiger charge is 2.15. The van der Waals surface area contributed by atoms with Crippen LogP contribution in [0.5, 0.6) is 11.5 Å². The summed E-state index contributed by atoms with van der Waals surface area (Å²) in [6.45, 7) is 2.11. The number of thiophene rings is 1. The van der Waals surface area contributed by atoms with Crippen LogP contribution in [0.1, 0.15) is 16.6 Å². The van der Waals surface area contributed by atoms with Crippen LogP contribution < -0.4 is 19.5 Å². The summed E-state index contributed by atoms with van der Waals surface area (Å²) in [4.78, 5) is 24.6. The largest absolute Gasteiger partial charge is 0.494 e. The van der Waals surface area contributed by atoms with Gasteiger partial charge in [0, 0.05) is 16.1 Å². The maximum absolute atomic E-state index is 12.7. The van der Waals surface area contributed by atoms with E-state index in [1.54, 1.807) is 42.5 Å². The van der Waals surface area contributed by atoms with Crippen LogP contribution in [0.15, 0.2) is 77.7 Å². The molecule has 37 heavy (non-hydrogen) atoms. The smallest absolute Gasteiger partial charge is 0.348 e. The summed E-state index contributed by atoms with van der Waals surface area (Å²) in [5, 5.41) is 3.55. The molecule has 1 aromatic heterocycles. The second-order valence-corrected chi connectivity index (χ2v) is 10.5. The summed E-state index contributed by atoms with van der Waals surface area (Å²) in [7, 11) is -2.48. The van der Waals surface area contributed by atoms with Crippen molar-refractivity contribution in [2.24, 2.45) is 0 Å². The number of esters is 1. The van der Waals surface area contributed by atoms with Crippen molar-refractivity contribution in [3.8, 4) is 11.5 Å². The number of carbonyl (C=O) groups excluding carboxylic acids is 2. The molecule has 0 unspecified atom stereocenters. The first-order valence-electron chi connectivity index (χ1n) is 11.2. The second-order valence-electron chi connectivity index (χ2n) is 7.73. The zero-order valence-corrected chi connectivity index (χ0v) is 21.6. The van der Waals surface area contributed by atoms with E-state index < -0.39 is 21.9 Å². The van der Waals surface area contributed by atoms with Crippen LogP contribution in [0.25, 0.3) is 10.1 Å². The number of nitrogens with one attached hydrogen (secondary N) is 2. The van der Waals surface area contributed by atoms with Gasteiger partial charge in [0.05, 0.1) is 18.6 Å². The number of benzene rings is 3. The van der Waals surface area contributed by atoms with Crippen LogP contribution >= 0.6 is 11.3 Å². The van der Waals surface area contributed by atoms with Crippen LogP contribution in [0.4, 0.5) is 11.4 Å². The molecule has 9 nitrogen and oxygen atoms in total. The van der Waals surface area contributed by atoms with Gasteiger partial charge in [-0.25, -0.2) is 13.2 Å². The van der Waals surface area contributed by atoms with Gasteiger partial charge in [0.25, 0.3) is 15.9 Å².